The Bertz CT molecular complexity index is 1070. The Kier molecular flexibility index (Phi) is 7.68. The van der Waals surface area contributed by atoms with E-state index in [0.717, 1.165) is 48.7 Å². The van der Waals surface area contributed by atoms with Crippen LogP contribution < -0.4 is 4.74 Å². The van der Waals surface area contributed by atoms with Crippen LogP contribution in [0.5, 0.6) is 5.75 Å². The second kappa shape index (κ2) is 10.7. The van der Waals surface area contributed by atoms with Crippen LogP contribution in [0.1, 0.15) is 64.6 Å². The highest BCUT2D eigenvalue weighted by Gasteiger charge is 2.44. The predicted molar refractivity (Wildman–Crippen MR) is 133 cm³/mol. The topological polar surface area (TPSA) is 83.0 Å². The van der Waals surface area contributed by atoms with E-state index in [0.29, 0.717) is 30.3 Å². The van der Waals surface area contributed by atoms with Gasteiger partial charge < -0.3 is 19.6 Å². The summed E-state index contributed by atoms with van der Waals surface area (Å²) in [7, 11) is 0. The fourth-order valence-electron chi connectivity index (χ4n) is 4.73. The van der Waals surface area contributed by atoms with E-state index in [2.05, 4.69) is 9.88 Å². The van der Waals surface area contributed by atoms with Gasteiger partial charge in [-0.05, 0) is 63.9 Å². The van der Waals surface area contributed by atoms with Crippen molar-refractivity contribution in [3.8, 4) is 5.75 Å². The molecule has 0 radical (unpaired) electrons. The Balaban J connectivity index is 1.66. The summed E-state index contributed by atoms with van der Waals surface area (Å²) in [5.74, 6) is -0.531. The fraction of sp³-hybridized carbons (Fsp3) is 0.500. The summed E-state index contributed by atoms with van der Waals surface area (Å²) >= 11 is 1.29. The number of likely N-dealkylation sites (tertiary alicyclic amines) is 1. The molecule has 1 N–H and O–H groups in total. The van der Waals surface area contributed by atoms with E-state index in [-0.39, 0.29) is 11.4 Å². The molecule has 4 rings (SSSR count). The van der Waals surface area contributed by atoms with E-state index in [1.807, 2.05) is 38.1 Å². The highest BCUT2D eigenvalue weighted by atomic mass is 32.1. The van der Waals surface area contributed by atoms with Gasteiger partial charge in [-0.1, -0.05) is 25.5 Å². The van der Waals surface area contributed by atoms with Crippen LogP contribution in [0.3, 0.4) is 0 Å². The van der Waals surface area contributed by atoms with Crippen molar-refractivity contribution >= 4 is 23.0 Å². The molecule has 1 fully saturated rings. The number of rotatable bonds is 9. The van der Waals surface area contributed by atoms with Crippen molar-refractivity contribution < 1.29 is 19.4 Å². The number of nitrogens with zero attached hydrogens (tertiary/aromatic N) is 3. The lowest BCUT2D eigenvalue weighted by Crippen LogP contribution is -2.40. The summed E-state index contributed by atoms with van der Waals surface area (Å²) in [6.07, 6.45) is 4.47. The molecule has 34 heavy (non-hydrogen) atoms. The van der Waals surface area contributed by atoms with Crippen molar-refractivity contribution in [2.75, 3.05) is 32.8 Å². The molecule has 1 unspecified atom stereocenters. The minimum absolute atomic E-state index is 0.137. The predicted octanol–water partition coefficient (Wildman–Crippen LogP) is 4.61. The van der Waals surface area contributed by atoms with Gasteiger partial charge in [0.25, 0.3) is 5.91 Å². The quantitative estimate of drug-likeness (QED) is 0.525. The maximum atomic E-state index is 13.6. The molecule has 2 aromatic rings. The first-order chi connectivity index (χ1) is 16.4. The fourth-order valence-corrected chi connectivity index (χ4v) is 5.60. The van der Waals surface area contributed by atoms with E-state index < -0.39 is 17.7 Å². The Hall–Kier alpha value is -2.71. The van der Waals surface area contributed by atoms with Gasteiger partial charge in [0.2, 0.25) is 5.78 Å². The normalized spacial score (nSPS) is 19.2. The van der Waals surface area contributed by atoms with Crippen LogP contribution in [0.4, 0.5) is 0 Å². The van der Waals surface area contributed by atoms with Crippen LogP contribution in [0.15, 0.2) is 35.6 Å². The molecule has 1 aromatic carbocycles. The summed E-state index contributed by atoms with van der Waals surface area (Å²) in [6.45, 7) is 9.49. The minimum Gasteiger partial charge on any atom is -0.503 e. The van der Waals surface area contributed by atoms with Crippen LogP contribution in [0.25, 0.3) is 0 Å². The highest BCUT2D eigenvalue weighted by Crippen LogP contribution is 2.40. The molecule has 0 saturated carbocycles. The summed E-state index contributed by atoms with van der Waals surface area (Å²) in [5.41, 5.74) is 1.54. The van der Waals surface area contributed by atoms with Gasteiger partial charge in [0.15, 0.2) is 5.76 Å². The largest absolute Gasteiger partial charge is 0.503 e. The van der Waals surface area contributed by atoms with E-state index in [9.17, 15) is 14.7 Å². The molecule has 2 aliphatic rings. The average molecular weight is 484 g/mol. The number of aryl methyl sites for hydroxylation is 2. The first kappa shape index (κ1) is 24.4. The minimum atomic E-state index is -0.646. The van der Waals surface area contributed by atoms with Crippen molar-refractivity contribution in [2.24, 2.45) is 0 Å². The number of hydrogen-bond donors (Lipinski definition) is 1. The molecule has 0 bridgehead atoms. The highest BCUT2D eigenvalue weighted by molar-refractivity contribution is 7.14. The first-order valence-electron chi connectivity index (χ1n) is 12.1. The average Bonchev–Trinajstić information content (AvgIpc) is 3.32. The van der Waals surface area contributed by atoms with Crippen LogP contribution in [0, 0.1) is 13.8 Å². The summed E-state index contributed by atoms with van der Waals surface area (Å²) < 4.78 is 5.71. The SMILES string of the molecule is CCCOc1ccc(C2C(C(=O)c3sc(C)nc3C)=C(O)C(=O)N2CCN2CCCCC2)cc1. The molecule has 0 spiro atoms. The van der Waals surface area contributed by atoms with E-state index in [4.69, 9.17) is 4.74 Å². The van der Waals surface area contributed by atoms with E-state index in [1.165, 1.54) is 17.8 Å². The number of amides is 1. The number of ether oxygens (including phenoxy) is 1. The van der Waals surface area contributed by atoms with E-state index in [1.54, 1.807) is 11.8 Å². The van der Waals surface area contributed by atoms with Gasteiger partial charge in [0, 0.05) is 13.1 Å². The third-order valence-corrected chi connectivity index (χ3v) is 7.50. The number of aliphatic hydroxyl groups excluding tert-OH is 1. The second-order valence-corrected chi connectivity index (χ2v) is 10.2. The molecule has 8 heteroatoms. The van der Waals surface area contributed by atoms with Gasteiger partial charge in [0.1, 0.15) is 5.75 Å². The third-order valence-electron chi connectivity index (χ3n) is 6.43. The molecule has 1 amide bonds. The molecular formula is C26H33N3O4S. The Labute approximate surface area is 205 Å². The number of ketones is 1. The molecule has 1 aromatic heterocycles. The van der Waals surface area contributed by atoms with Gasteiger partial charge >= 0.3 is 0 Å². The number of carbonyl (C=O) groups excluding carboxylic acids is 2. The number of carbonyl (C=O) groups is 2. The Morgan fingerprint density at radius 3 is 2.47 bits per heavy atom. The van der Waals surface area contributed by atoms with E-state index >= 15 is 0 Å². The lowest BCUT2D eigenvalue weighted by atomic mass is 9.95. The molecule has 1 saturated heterocycles. The monoisotopic (exact) mass is 483 g/mol. The van der Waals surface area contributed by atoms with Gasteiger partial charge in [0.05, 0.1) is 33.8 Å². The van der Waals surface area contributed by atoms with Crippen molar-refractivity contribution in [1.82, 2.24) is 14.8 Å². The summed E-state index contributed by atoms with van der Waals surface area (Å²) in [5, 5.41) is 11.7. The van der Waals surface area contributed by atoms with Gasteiger partial charge in [-0.15, -0.1) is 11.3 Å². The van der Waals surface area contributed by atoms with Gasteiger partial charge in [-0.25, -0.2) is 4.98 Å². The maximum Gasteiger partial charge on any atom is 0.290 e. The lowest BCUT2D eigenvalue weighted by Gasteiger charge is -2.31. The van der Waals surface area contributed by atoms with Crippen molar-refractivity contribution in [3.63, 3.8) is 0 Å². The molecule has 3 heterocycles. The Morgan fingerprint density at radius 1 is 1.15 bits per heavy atom. The smallest absolute Gasteiger partial charge is 0.290 e. The van der Waals surface area contributed by atoms with Crippen LogP contribution in [-0.4, -0.2) is 64.4 Å². The lowest BCUT2D eigenvalue weighted by molar-refractivity contribution is -0.129. The molecule has 1 atom stereocenters. The zero-order valence-corrected chi connectivity index (χ0v) is 21.0. The van der Waals surface area contributed by atoms with Gasteiger partial charge in [-0.3, -0.25) is 9.59 Å². The van der Waals surface area contributed by atoms with Crippen LogP contribution in [0.2, 0.25) is 0 Å². The number of thiazole rings is 1. The molecule has 182 valence electrons. The second-order valence-electron chi connectivity index (χ2n) is 8.96. The number of hydrogen-bond acceptors (Lipinski definition) is 7. The third kappa shape index (κ3) is 5.03. The first-order valence-corrected chi connectivity index (χ1v) is 12.9. The number of Topliss-reactive ketones (excluding diaryl/α,β-unsaturated/α-hetero) is 1. The molecule has 0 aliphatic carbocycles. The van der Waals surface area contributed by atoms with Crippen molar-refractivity contribution in [3.05, 3.63) is 56.7 Å². The number of aromatic nitrogens is 1. The van der Waals surface area contributed by atoms with Crippen molar-refractivity contribution in [2.45, 2.75) is 52.5 Å². The molecular weight excluding hydrogens is 450 g/mol. The maximum absolute atomic E-state index is 13.6. The Morgan fingerprint density at radius 2 is 1.85 bits per heavy atom. The van der Waals surface area contributed by atoms with Crippen LogP contribution in [-0.2, 0) is 4.79 Å². The number of piperidine rings is 1. The zero-order valence-electron chi connectivity index (χ0n) is 20.2. The summed E-state index contributed by atoms with van der Waals surface area (Å²) in [6, 6.07) is 6.84. The number of benzene rings is 1. The summed E-state index contributed by atoms with van der Waals surface area (Å²) in [4.78, 5) is 35.7. The number of aliphatic hydroxyl groups is 1. The standard InChI is InChI=1S/C26H33N3O4S/c1-4-16-33-20-10-8-19(9-11-20)22-21(23(30)25-17(2)27-18(3)34-25)24(31)26(32)29(22)15-14-28-12-6-5-7-13-28/h8-11,22,31H,4-7,12-16H2,1-3H3. The van der Waals surface area contributed by atoms with Gasteiger partial charge in [-0.2, -0.15) is 0 Å². The zero-order chi connectivity index (χ0) is 24.2. The van der Waals surface area contributed by atoms with Crippen LogP contribution >= 0.6 is 11.3 Å². The molecule has 7 nitrogen and oxygen atoms in total. The van der Waals surface area contributed by atoms with Crippen molar-refractivity contribution in [1.29, 1.82) is 0 Å². The molecule has 2 aliphatic heterocycles.